The number of aliphatic hydroxyl groups excluding tert-OH is 1. The van der Waals surface area contributed by atoms with Crippen LogP contribution in [0.1, 0.15) is 48.6 Å². The molecule has 2 rings (SSSR count). The fraction of sp³-hybridized carbons (Fsp3) is 0.611. The Kier molecular flexibility index (Phi) is 4.72. The second-order valence-corrected chi connectivity index (χ2v) is 6.84. The van der Waals surface area contributed by atoms with Gasteiger partial charge in [-0.1, -0.05) is 31.5 Å². The molecule has 116 valence electrons. The van der Waals surface area contributed by atoms with Crippen molar-refractivity contribution in [3.05, 3.63) is 34.4 Å². The second-order valence-electron chi connectivity index (χ2n) is 6.84. The number of β-amino-alcohol motifs (C(OH)–C–C–N with tert-alkyl or cyclic N) is 1. The summed E-state index contributed by atoms with van der Waals surface area (Å²) in [6.45, 7) is 11.6. The number of nitrogens with zero attached hydrogens (tertiary/aromatic N) is 1. The van der Waals surface area contributed by atoms with Crippen molar-refractivity contribution in [2.45, 2.75) is 47.1 Å². The molecule has 1 N–H and O–H groups in total. The summed E-state index contributed by atoms with van der Waals surface area (Å²) in [4.78, 5) is 13.9. The molecule has 1 heterocycles. The van der Waals surface area contributed by atoms with E-state index in [-0.39, 0.29) is 5.91 Å². The second kappa shape index (κ2) is 6.18. The Hall–Kier alpha value is -1.35. The molecule has 0 saturated carbocycles. The Morgan fingerprint density at radius 2 is 1.81 bits per heavy atom. The summed E-state index contributed by atoms with van der Waals surface area (Å²) < 4.78 is 0. The number of carbonyl (C=O) groups excluding carboxylic acids is 1. The molecule has 3 heteroatoms. The molecule has 0 aliphatic carbocycles. The van der Waals surface area contributed by atoms with E-state index in [0.717, 1.165) is 23.2 Å². The van der Waals surface area contributed by atoms with E-state index in [4.69, 9.17) is 0 Å². The summed E-state index contributed by atoms with van der Waals surface area (Å²) in [5.41, 5.74) is 4.39. The number of rotatable bonds is 4. The third-order valence-corrected chi connectivity index (χ3v) is 4.65. The Morgan fingerprint density at radius 3 is 2.29 bits per heavy atom. The van der Waals surface area contributed by atoms with Gasteiger partial charge in [0.1, 0.15) is 0 Å². The average molecular weight is 289 g/mol. The van der Waals surface area contributed by atoms with E-state index in [0.29, 0.717) is 24.8 Å². The third kappa shape index (κ3) is 3.46. The summed E-state index contributed by atoms with van der Waals surface area (Å²) in [5.74, 6) is 1.11. The molecule has 0 spiro atoms. The molecule has 2 atom stereocenters. The van der Waals surface area contributed by atoms with Gasteiger partial charge in [0.25, 0.3) is 0 Å². The van der Waals surface area contributed by atoms with Crippen molar-refractivity contribution in [3.63, 3.8) is 0 Å². The quantitative estimate of drug-likeness (QED) is 0.925. The Labute approximate surface area is 128 Å². The minimum absolute atomic E-state index is 0.176. The smallest absolute Gasteiger partial charge is 0.223 e. The number of benzene rings is 1. The number of likely N-dealkylation sites (tertiary alicyclic amines) is 1. The predicted molar refractivity (Wildman–Crippen MR) is 85.1 cm³/mol. The highest BCUT2D eigenvalue weighted by Gasteiger charge is 2.32. The first kappa shape index (κ1) is 16.0. The van der Waals surface area contributed by atoms with Crippen LogP contribution in [0.3, 0.4) is 0 Å². The SMILES string of the molecule is Cc1cc(C)c(C(O)CN2CC(C(C)C)CC2=O)c(C)c1. The first-order valence-electron chi connectivity index (χ1n) is 7.83. The lowest BCUT2D eigenvalue weighted by Gasteiger charge is -2.24. The lowest BCUT2D eigenvalue weighted by atomic mass is 9.95. The van der Waals surface area contributed by atoms with Crippen molar-refractivity contribution in [1.82, 2.24) is 4.90 Å². The maximum Gasteiger partial charge on any atom is 0.223 e. The standard InChI is InChI=1S/C18H27NO2/c1-11(2)15-8-17(21)19(9-15)10-16(20)18-13(4)6-12(3)7-14(18)5/h6-7,11,15-16,20H,8-10H2,1-5H3. The first-order chi connectivity index (χ1) is 9.79. The zero-order chi connectivity index (χ0) is 15.7. The third-order valence-electron chi connectivity index (χ3n) is 4.65. The maximum atomic E-state index is 12.1. The highest BCUT2D eigenvalue weighted by Crippen LogP contribution is 2.29. The summed E-state index contributed by atoms with van der Waals surface area (Å²) in [5, 5.41) is 10.6. The van der Waals surface area contributed by atoms with Crippen LogP contribution in [0.2, 0.25) is 0 Å². The van der Waals surface area contributed by atoms with Crippen LogP contribution in [-0.4, -0.2) is 29.0 Å². The van der Waals surface area contributed by atoms with E-state index in [1.165, 1.54) is 5.56 Å². The molecule has 1 aromatic carbocycles. The lowest BCUT2D eigenvalue weighted by molar-refractivity contribution is -0.129. The van der Waals surface area contributed by atoms with Crippen LogP contribution < -0.4 is 0 Å². The van der Waals surface area contributed by atoms with Gasteiger partial charge in [-0.2, -0.15) is 0 Å². The van der Waals surface area contributed by atoms with Gasteiger partial charge in [-0.25, -0.2) is 0 Å². The van der Waals surface area contributed by atoms with Gasteiger partial charge < -0.3 is 10.0 Å². The molecule has 1 fully saturated rings. The van der Waals surface area contributed by atoms with Crippen molar-refractivity contribution in [3.8, 4) is 0 Å². The summed E-state index contributed by atoms with van der Waals surface area (Å²) in [7, 11) is 0. The molecule has 2 unspecified atom stereocenters. The molecular formula is C18H27NO2. The molecule has 0 aromatic heterocycles. The van der Waals surface area contributed by atoms with Crippen LogP contribution in [0.4, 0.5) is 0 Å². The molecule has 1 saturated heterocycles. The van der Waals surface area contributed by atoms with Crippen molar-refractivity contribution in [2.24, 2.45) is 11.8 Å². The van der Waals surface area contributed by atoms with Gasteiger partial charge in [-0.3, -0.25) is 4.79 Å². The molecule has 0 bridgehead atoms. The Morgan fingerprint density at radius 1 is 1.24 bits per heavy atom. The molecule has 0 radical (unpaired) electrons. The van der Waals surface area contributed by atoms with Crippen molar-refractivity contribution < 1.29 is 9.90 Å². The van der Waals surface area contributed by atoms with Gasteiger partial charge in [0, 0.05) is 13.0 Å². The van der Waals surface area contributed by atoms with E-state index >= 15 is 0 Å². The van der Waals surface area contributed by atoms with Gasteiger partial charge in [0.15, 0.2) is 0 Å². The van der Waals surface area contributed by atoms with Crippen LogP contribution in [0.15, 0.2) is 12.1 Å². The van der Waals surface area contributed by atoms with Crippen LogP contribution in [0, 0.1) is 32.6 Å². The van der Waals surface area contributed by atoms with Crippen molar-refractivity contribution in [1.29, 1.82) is 0 Å². The normalized spacial score (nSPS) is 20.4. The summed E-state index contributed by atoms with van der Waals surface area (Å²) in [6, 6.07) is 4.18. The van der Waals surface area contributed by atoms with Gasteiger partial charge in [-0.15, -0.1) is 0 Å². The monoisotopic (exact) mass is 289 g/mol. The molecule has 1 aliphatic rings. The predicted octanol–water partition coefficient (Wildman–Crippen LogP) is 3.15. The van der Waals surface area contributed by atoms with Crippen molar-refractivity contribution in [2.75, 3.05) is 13.1 Å². The minimum Gasteiger partial charge on any atom is -0.387 e. The number of aryl methyl sites for hydroxylation is 3. The highest BCUT2D eigenvalue weighted by atomic mass is 16.3. The zero-order valence-electron chi connectivity index (χ0n) is 13.8. The molecule has 1 aromatic rings. The van der Waals surface area contributed by atoms with Crippen LogP contribution >= 0.6 is 0 Å². The first-order valence-corrected chi connectivity index (χ1v) is 7.83. The zero-order valence-corrected chi connectivity index (χ0v) is 13.8. The van der Waals surface area contributed by atoms with Crippen LogP contribution in [0.5, 0.6) is 0 Å². The number of carbonyl (C=O) groups is 1. The topological polar surface area (TPSA) is 40.5 Å². The molecule has 3 nitrogen and oxygen atoms in total. The Bertz CT molecular complexity index is 513. The average Bonchev–Trinajstić information content (AvgIpc) is 2.69. The van der Waals surface area contributed by atoms with E-state index < -0.39 is 6.10 Å². The van der Waals surface area contributed by atoms with Gasteiger partial charge in [0.2, 0.25) is 5.91 Å². The molecule has 1 aliphatic heterocycles. The fourth-order valence-electron chi connectivity index (χ4n) is 3.44. The maximum absolute atomic E-state index is 12.1. The Balaban J connectivity index is 2.12. The minimum atomic E-state index is -0.597. The molecular weight excluding hydrogens is 262 g/mol. The van der Waals surface area contributed by atoms with Gasteiger partial charge >= 0.3 is 0 Å². The number of hydrogen-bond acceptors (Lipinski definition) is 2. The molecule has 21 heavy (non-hydrogen) atoms. The van der Waals surface area contributed by atoms with E-state index in [2.05, 4.69) is 32.9 Å². The lowest BCUT2D eigenvalue weighted by Crippen LogP contribution is -2.31. The number of aliphatic hydroxyl groups is 1. The van der Waals surface area contributed by atoms with Crippen LogP contribution in [0.25, 0.3) is 0 Å². The van der Waals surface area contributed by atoms with Gasteiger partial charge in [-0.05, 0) is 49.3 Å². The van der Waals surface area contributed by atoms with E-state index in [9.17, 15) is 9.90 Å². The summed E-state index contributed by atoms with van der Waals surface area (Å²) >= 11 is 0. The van der Waals surface area contributed by atoms with Crippen molar-refractivity contribution >= 4 is 5.91 Å². The van der Waals surface area contributed by atoms with Gasteiger partial charge in [0.05, 0.1) is 12.6 Å². The summed E-state index contributed by atoms with van der Waals surface area (Å²) in [6.07, 6.45) is 0.0245. The molecule has 1 amide bonds. The largest absolute Gasteiger partial charge is 0.387 e. The number of hydrogen-bond donors (Lipinski definition) is 1. The highest BCUT2D eigenvalue weighted by molar-refractivity contribution is 5.78. The fourth-order valence-corrected chi connectivity index (χ4v) is 3.44. The van der Waals surface area contributed by atoms with E-state index in [1.54, 1.807) is 0 Å². The van der Waals surface area contributed by atoms with E-state index in [1.807, 2.05) is 18.7 Å². The number of amides is 1. The van der Waals surface area contributed by atoms with Crippen LogP contribution in [-0.2, 0) is 4.79 Å².